The van der Waals surface area contributed by atoms with E-state index in [4.69, 9.17) is 4.74 Å². The van der Waals surface area contributed by atoms with E-state index in [2.05, 4.69) is 16.8 Å². The molecule has 0 bridgehead atoms. The normalized spacial score (nSPS) is 12.9. The highest BCUT2D eigenvalue weighted by atomic mass is 19.2. The number of rotatable bonds is 4. The van der Waals surface area contributed by atoms with E-state index in [1.165, 1.54) is 10.6 Å². The van der Waals surface area contributed by atoms with E-state index in [-0.39, 0.29) is 12.6 Å². The number of ether oxygens (including phenoxy) is 1. The second kappa shape index (κ2) is 8.37. The SMILES string of the molecule is COc1ccc(CC#Cc2cn3c(n2)CCN(Cc2ccc(F)c(F)c2)C3=O)cc1. The molecule has 1 aliphatic heterocycles. The van der Waals surface area contributed by atoms with Crippen molar-refractivity contribution in [2.45, 2.75) is 19.4 Å². The molecular formula is C23H19F2N3O2. The monoisotopic (exact) mass is 407 g/mol. The second-order valence-corrected chi connectivity index (χ2v) is 6.94. The minimum atomic E-state index is -0.922. The highest BCUT2D eigenvalue weighted by Gasteiger charge is 2.25. The van der Waals surface area contributed by atoms with E-state index >= 15 is 0 Å². The molecule has 0 fully saturated rings. The topological polar surface area (TPSA) is 47.4 Å². The number of halogens is 2. The first-order valence-electron chi connectivity index (χ1n) is 9.47. The van der Waals surface area contributed by atoms with Crippen LogP contribution in [0.3, 0.4) is 0 Å². The van der Waals surface area contributed by atoms with Crippen LogP contribution in [0.4, 0.5) is 13.6 Å². The van der Waals surface area contributed by atoms with Gasteiger partial charge in [-0.1, -0.05) is 24.1 Å². The minimum absolute atomic E-state index is 0.201. The smallest absolute Gasteiger partial charge is 0.329 e. The molecule has 7 heteroatoms. The zero-order valence-electron chi connectivity index (χ0n) is 16.4. The van der Waals surface area contributed by atoms with Crippen LogP contribution in [0.5, 0.6) is 5.75 Å². The molecule has 0 saturated heterocycles. The number of carbonyl (C=O) groups excluding carboxylic acids is 1. The molecular weight excluding hydrogens is 388 g/mol. The largest absolute Gasteiger partial charge is 0.497 e. The van der Waals surface area contributed by atoms with Gasteiger partial charge < -0.3 is 9.64 Å². The first kappa shape index (κ1) is 19.6. The summed E-state index contributed by atoms with van der Waals surface area (Å²) in [6, 6.07) is 11.1. The van der Waals surface area contributed by atoms with E-state index in [0.29, 0.717) is 36.5 Å². The van der Waals surface area contributed by atoms with Crippen molar-refractivity contribution >= 4 is 6.03 Å². The molecule has 5 nitrogen and oxygen atoms in total. The van der Waals surface area contributed by atoms with Crippen LogP contribution < -0.4 is 4.74 Å². The minimum Gasteiger partial charge on any atom is -0.497 e. The average Bonchev–Trinajstić information content (AvgIpc) is 3.17. The molecule has 0 spiro atoms. The average molecular weight is 407 g/mol. The van der Waals surface area contributed by atoms with E-state index < -0.39 is 11.6 Å². The lowest BCUT2D eigenvalue weighted by molar-refractivity contribution is 0.189. The van der Waals surface area contributed by atoms with Crippen LogP contribution in [0.25, 0.3) is 0 Å². The van der Waals surface area contributed by atoms with Gasteiger partial charge in [-0.05, 0) is 41.3 Å². The lowest BCUT2D eigenvalue weighted by Crippen LogP contribution is -2.40. The lowest BCUT2D eigenvalue weighted by atomic mass is 10.1. The number of carbonyl (C=O) groups is 1. The van der Waals surface area contributed by atoms with E-state index in [9.17, 15) is 13.6 Å². The van der Waals surface area contributed by atoms with Crippen LogP contribution in [-0.4, -0.2) is 34.1 Å². The fourth-order valence-corrected chi connectivity index (χ4v) is 3.29. The summed E-state index contributed by atoms with van der Waals surface area (Å²) in [5.74, 6) is 5.69. The van der Waals surface area contributed by atoms with Crippen molar-refractivity contribution in [2.75, 3.05) is 13.7 Å². The molecule has 0 N–H and O–H groups in total. The molecule has 30 heavy (non-hydrogen) atoms. The van der Waals surface area contributed by atoms with Crippen LogP contribution in [0.15, 0.2) is 48.7 Å². The maximum Gasteiger partial charge on any atom is 0.329 e. The third-order valence-corrected chi connectivity index (χ3v) is 4.89. The summed E-state index contributed by atoms with van der Waals surface area (Å²) in [5.41, 5.74) is 2.12. The molecule has 3 aromatic rings. The molecule has 1 aromatic heterocycles. The fraction of sp³-hybridized carbons (Fsp3) is 0.217. The van der Waals surface area contributed by atoms with Gasteiger partial charge in [0.2, 0.25) is 0 Å². The third kappa shape index (κ3) is 4.18. The zero-order valence-corrected chi connectivity index (χ0v) is 16.4. The molecule has 2 aromatic carbocycles. The number of nitrogens with zero attached hydrogens (tertiary/aromatic N) is 3. The summed E-state index contributed by atoms with van der Waals surface area (Å²) in [6.45, 7) is 0.652. The van der Waals surface area contributed by atoms with Crippen LogP contribution >= 0.6 is 0 Å². The van der Waals surface area contributed by atoms with Gasteiger partial charge in [-0.3, -0.25) is 4.57 Å². The van der Waals surface area contributed by atoms with Gasteiger partial charge in [0.05, 0.1) is 7.11 Å². The van der Waals surface area contributed by atoms with Crippen molar-refractivity contribution in [3.05, 3.63) is 82.9 Å². The Kier molecular flexibility index (Phi) is 5.48. The molecule has 4 rings (SSSR count). The van der Waals surface area contributed by atoms with Crippen LogP contribution in [0.2, 0.25) is 0 Å². The summed E-state index contributed by atoms with van der Waals surface area (Å²) >= 11 is 0. The van der Waals surface area contributed by atoms with Crippen molar-refractivity contribution in [3.8, 4) is 17.6 Å². The van der Waals surface area contributed by atoms with Crippen molar-refractivity contribution in [1.82, 2.24) is 14.5 Å². The van der Waals surface area contributed by atoms with Crippen molar-refractivity contribution in [3.63, 3.8) is 0 Å². The number of fused-ring (bicyclic) bond motifs is 1. The van der Waals surface area contributed by atoms with E-state index in [1.54, 1.807) is 18.2 Å². The predicted molar refractivity (Wildman–Crippen MR) is 107 cm³/mol. The van der Waals surface area contributed by atoms with Gasteiger partial charge >= 0.3 is 6.03 Å². The quantitative estimate of drug-likeness (QED) is 0.619. The standard InChI is InChI=1S/C23H19F2N3O2/c1-30-19-8-5-16(6-9-19)3-2-4-18-15-28-22(26-18)11-12-27(23(28)29)14-17-7-10-20(24)21(25)13-17/h5-10,13,15H,3,11-12,14H2,1H3. The fourth-order valence-electron chi connectivity index (χ4n) is 3.29. The number of aromatic nitrogens is 2. The van der Waals surface area contributed by atoms with Gasteiger partial charge in [0.25, 0.3) is 0 Å². The number of hydrogen-bond donors (Lipinski definition) is 0. The van der Waals surface area contributed by atoms with Crippen molar-refractivity contribution in [1.29, 1.82) is 0 Å². The highest BCUT2D eigenvalue weighted by molar-refractivity contribution is 5.78. The Morgan fingerprint density at radius 2 is 1.87 bits per heavy atom. The first-order valence-corrected chi connectivity index (χ1v) is 9.47. The molecule has 1 aliphatic rings. The van der Waals surface area contributed by atoms with Gasteiger partial charge in [0, 0.05) is 32.1 Å². The Morgan fingerprint density at radius 1 is 1.10 bits per heavy atom. The Bertz CT molecular complexity index is 1140. The second-order valence-electron chi connectivity index (χ2n) is 6.94. The third-order valence-electron chi connectivity index (χ3n) is 4.89. The van der Waals surface area contributed by atoms with Crippen molar-refractivity contribution in [2.24, 2.45) is 0 Å². The summed E-state index contributed by atoms with van der Waals surface area (Å²) < 4.78 is 33.2. The van der Waals surface area contributed by atoms with Gasteiger partial charge in [-0.15, -0.1) is 0 Å². The predicted octanol–water partition coefficient (Wildman–Crippen LogP) is 3.79. The maximum absolute atomic E-state index is 13.4. The molecule has 2 heterocycles. The van der Waals surface area contributed by atoms with E-state index in [0.717, 1.165) is 23.4 Å². The number of amides is 1. The number of methoxy groups -OCH3 is 1. The van der Waals surface area contributed by atoms with Gasteiger partial charge in [0.1, 0.15) is 17.3 Å². The zero-order chi connectivity index (χ0) is 21.1. The highest BCUT2D eigenvalue weighted by Crippen LogP contribution is 2.17. The summed E-state index contributed by atoms with van der Waals surface area (Å²) in [7, 11) is 1.62. The first-order chi connectivity index (χ1) is 14.5. The van der Waals surface area contributed by atoms with Gasteiger partial charge in [-0.2, -0.15) is 0 Å². The summed E-state index contributed by atoms with van der Waals surface area (Å²) in [6.07, 6.45) is 2.74. The maximum atomic E-state index is 13.4. The van der Waals surface area contributed by atoms with Crippen molar-refractivity contribution < 1.29 is 18.3 Å². The Morgan fingerprint density at radius 3 is 2.60 bits per heavy atom. The molecule has 0 radical (unpaired) electrons. The molecule has 1 amide bonds. The summed E-state index contributed by atoms with van der Waals surface area (Å²) in [5, 5.41) is 0. The Balaban J connectivity index is 1.44. The molecule has 0 atom stereocenters. The van der Waals surface area contributed by atoms with Gasteiger partial charge in [-0.25, -0.2) is 18.6 Å². The van der Waals surface area contributed by atoms with Crippen LogP contribution in [0, 0.1) is 23.5 Å². The molecule has 0 saturated carbocycles. The molecule has 0 unspecified atom stereocenters. The number of hydrogen-bond acceptors (Lipinski definition) is 3. The Hall–Kier alpha value is -3.66. The van der Waals surface area contributed by atoms with Crippen LogP contribution in [0.1, 0.15) is 22.6 Å². The van der Waals surface area contributed by atoms with E-state index in [1.807, 2.05) is 24.3 Å². The number of imidazole rings is 1. The Labute approximate surface area is 172 Å². The lowest BCUT2D eigenvalue weighted by Gasteiger charge is -2.27. The number of benzene rings is 2. The molecule has 0 aliphatic carbocycles. The van der Waals surface area contributed by atoms with Crippen LogP contribution in [-0.2, 0) is 19.4 Å². The summed E-state index contributed by atoms with van der Waals surface area (Å²) in [4.78, 5) is 18.8. The van der Waals surface area contributed by atoms with Gasteiger partial charge in [0.15, 0.2) is 11.6 Å². The molecule has 152 valence electrons.